The minimum Gasteiger partial charge on any atom is -0.339 e. The van der Waals surface area contributed by atoms with Gasteiger partial charge in [0.05, 0.1) is 16.9 Å². The summed E-state index contributed by atoms with van der Waals surface area (Å²) in [7, 11) is 0. The van der Waals surface area contributed by atoms with Gasteiger partial charge in [0.1, 0.15) is 0 Å². The second kappa shape index (κ2) is 8.49. The fourth-order valence-corrected chi connectivity index (χ4v) is 4.51. The van der Waals surface area contributed by atoms with Crippen LogP contribution in [0.15, 0.2) is 30.5 Å². The van der Waals surface area contributed by atoms with Gasteiger partial charge >= 0.3 is 0 Å². The van der Waals surface area contributed by atoms with Gasteiger partial charge in [0.25, 0.3) is 5.91 Å². The van der Waals surface area contributed by atoms with Crippen molar-refractivity contribution in [1.82, 2.24) is 20.0 Å². The molecule has 2 saturated heterocycles. The topological polar surface area (TPSA) is 50.2 Å². The highest BCUT2D eigenvalue weighted by Gasteiger charge is 2.34. The van der Waals surface area contributed by atoms with E-state index >= 15 is 0 Å². The number of nitrogens with one attached hydrogen (secondary N) is 1. The fraction of sp³-hybridized carbons (Fsp3) is 0.565. The highest BCUT2D eigenvalue weighted by molar-refractivity contribution is 5.95. The lowest BCUT2D eigenvalue weighted by Crippen LogP contribution is -2.34. The molecule has 0 spiro atoms. The molecule has 2 fully saturated rings. The van der Waals surface area contributed by atoms with Crippen molar-refractivity contribution in [3.63, 3.8) is 0 Å². The van der Waals surface area contributed by atoms with Crippen LogP contribution in [0.2, 0.25) is 0 Å². The van der Waals surface area contributed by atoms with Crippen LogP contribution in [0.25, 0.3) is 5.69 Å². The zero-order valence-electron chi connectivity index (χ0n) is 17.9. The molecule has 1 amide bonds. The lowest BCUT2D eigenvalue weighted by Gasteiger charge is -2.23. The van der Waals surface area contributed by atoms with E-state index in [4.69, 9.17) is 5.10 Å². The first-order valence-electron chi connectivity index (χ1n) is 10.5. The summed E-state index contributed by atoms with van der Waals surface area (Å²) >= 11 is 0. The third-order valence-electron chi connectivity index (χ3n) is 6.26. The van der Waals surface area contributed by atoms with E-state index in [-0.39, 0.29) is 23.7 Å². The molecule has 2 aliphatic rings. The maximum Gasteiger partial charge on any atom is 0.257 e. The van der Waals surface area contributed by atoms with Crippen LogP contribution in [0.4, 0.5) is 0 Å². The second-order valence-corrected chi connectivity index (χ2v) is 9.47. The summed E-state index contributed by atoms with van der Waals surface area (Å²) in [6, 6.07) is 8.28. The Hall–Kier alpha value is -1.85. The van der Waals surface area contributed by atoms with Crippen molar-refractivity contribution < 1.29 is 4.79 Å². The predicted molar refractivity (Wildman–Crippen MR) is 119 cm³/mol. The number of likely N-dealkylation sites (tertiary alicyclic amines) is 1. The van der Waals surface area contributed by atoms with E-state index in [0.29, 0.717) is 0 Å². The van der Waals surface area contributed by atoms with Gasteiger partial charge in [-0.15, -0.1) is 12.4 Å². The highest BCUT2D eigenvalue weighted by atomic mass is 35.5. The highest BCUT2D eigenvalue weighted by Crippen LogP contribution is 2.30. The quantitative estimate of drug-likeness (QED) is 0.805. The largest absolute Gasteiger partial charge is 0.339 e. The molecule has 1 aromatic heterocycles. The molecule has 0 aliphatic carbocycles. The number of nitrogens with zero attached hydrogens (tertiary/aromatic N) is 3. The molecule has 5 nitrogen and oxygen atoms in total. The molecule has 1 N–H and O–H groups in total. The van der Waals surface area contributed by atoms with Crippen molar-refractivity contribution >= 4 is 18.3 Å². The van der Waals surface area contributed by atoms with Crippen molar-refractivity contribution in [3.8, 4) is 5.69 Å². The Morgan fingerprint density at radius 1 is 1.07 bits per heavy atom. The Labute approximate surface area is 180 Å². The number of halogens is 1. The maximum atomic E-state index is 13.5. The van der Waals surface area contributed by atoms with Gasteiger partial charge in [-0.25, -0.2) is 4.68 Å². The summed E-state index contributed by atoms with van der Waals surface area (Å²) in [5.41, 5.74) is 3.65. The summed E-state index contributed by atoms with van der Waals surface area (Å²) in [4.78, 5) is 15.6. The molecule has 1 aromatic carbocycles. The SMILES string of the molecule is Cc1ccc(-n2cc(C(=O)N3CC[C@@H]4CNC[C@@H]4CC3)c(C(C)(C)C)n2)cc1.Cl. The lowest BCUT2D eigenvalue weighted by molar-refractivity contribution is 0.0756. The van der Waals surface area contributed by atoms with E-state index in [1.165, 1.54) is 5.56 Å². The zero-order chi connectivity index (χ0) is 19.9. The number of amides is 1. The van der Waals surface area contributed by atoms with Gasteiger partial charge in [-0.05, 0) is 56.8 Å². The fourth-order valence-electron chi connectivity index (χ4n) is 4.51. The summed E-state index contributed by atoms with van der Waals surface area (Å²) < 4.78 is 1.86. The third-order valence-corrected chi connectivity index (χ3v) is 6.26. The Morgan fingerprint density at radius 2 is 1.66 bits per heavy atom. The average Bonchev–Trinajstić information content (AvgIpc) is 3.25. The molecule has 2 aromatic rings. The zero-order valence-corrected chi connectivity index (χ0v) is 18.8. The van der Waals surface area contributed by atoms with Crippen molar-refractivity contribution in [2.24, 2.45) is 11.8 Å². The Morgan fingerprint density at radius 3 is 2.21 bits per heavy atom. The molecule has 0 bridgehead atoms. The van der Waals surface area contributed by atoms with Crippen LogP contribution in [0.5, 0.6) is 0 Å². The molecule has 2 atom stereocenters. The van der Waals surface area contributed by atoms with Gasteiger partial charge < -0.3 is 10.2 Å². The van der Waals surface area contributed by atoms with Crippen LogP contribution in [0, 0.1) is 18.8 Å². The van der Waals surface area contributed by atoms with Gasteiger partial charge in [0, 0.05) is 24.7 Å². The summed E-state index contributed by atoms with van der Waals surface area (Å²) in [6.07, 6.45) is 4.13. The molecule has 0 unspecified atom stereocenters. The van der Waals surface area contributed by atoms with Crippen molar-refractivity contribution in [3.05, 3.63) is 47.3 Å². The number of rotatable bonds is 2. The monoisotopic (exact) mass is 416 g/mol. The summed E-state index contributed by atoms with van der Waals surface area (Å²) in [5, 5.41) is 8.34. The maximum absolute atomic E-state index is 13.5. The van der Waals surface area contributed by atoms with Crippen LogP contribution >= 0.6 is 12.4 Å². The Kier molecular flexibility index (Phi) is 6.39. The van der Waals surface area contributed by atoms with E-state index < -0.39 is 0 Å². The molecule has 4 rings (SSSR count). The van der Waals surface area contributed by atoms with Crippen molar-refractivity contribution in [2.75, 3.05) is 26.2 Å². The van der Waals surface area contributed by atoms with Gasteiger partial charge in [0.15, 0.2) is 0 Å². The number of fused-ring (bicyclic) bond motifs is 1. The molecule has 2 aliphatic heterocycles. The molecule has 158 valence electrons. The smallest absolute Gasteiger partial charge is 0.257 e. The van der Waals surface area contributed by atoms with E-state index in [0.717, 1.165) is 67.8 Å². The summed E-state index contributed by atoms with van der Waals surface area (Å²) in [6.45, 7) is 12.4. The lowest BCUT2D eigenvalue weighted by atomic mass is 9.89. The number of carbonyl (C=O) groups is 1. The Bertz CT molecular complexity index is 839. The number of aryl methyl sites for hydroxylation is 1. The average molecular weight is 417 g/mol. The number of hydrogen-bond acceptors (Lipinski definition) is 3. The van der Waals surface area contributed by atoms with Crippen LogP contribution < -0.4 is 5.32 Å². The molecule has 3 heterocycles. The molecular weight excluding hydrogens is 384 g/mol. The minimum absolute atomic E-state index is 0. The van der Waals surface area contributed by atoms with Gasteiger partial charge in [0.2, 0.25) is 0 Å². The first-order chi connectivity index (χ1) is 13.3. The Balaban J connectivity index is 0.00000240. The number of aromatic nitrogens is 2. The molecule has 6 heteroatoms. The van der Waals surface area contributed by atoms with Gasteiger partial charge in [-0.3, -0.25) is 4.79 Å². The minimum atomic E-state index is -0.187. The van der Waals surface area contributed by atoms with E-state index in [9.17, 15) is 4.79 Å². The first-order valence-corrected chi connectivity index (χ1v) is 10.5. The predicted octanol–water partition coefficient (Wildman–Crippen LogP) is 3.97. The van der Waals surface area contributed by atoms with Crippen molar-refractivity contribution in [2.45, 2.75) is 46.0 Å². The number of benzene rings is 1. The second-order valence-electron chi connectivity index (χ2n) is 9.47. The number of carbonyl (C=O) groups excluding carboxylic acids is 1. The van der Waals surface area contributed by atoms with E-state index in [1.807, 2.05) is 10.9 Å². The first kappa shape index (κ1) is 21.8. The van der Waals surface area contributed by atoms with Gasteiger partial charge in [-0.2, -0.15) is 5.10 Å². The van der Waals surface area contributed by atoms with Crippen LogP contribution in [0.3, 0.4) is 0 Å². The van der Waals surface area contributed by atoms with Crippen LogP contribution in [-0.4, -0.2) is 46.8 Å². The van der Waals surface area contributed by atoms with E-state index in [2.05, 4.69) is 62.2 Å². The normalized spacial score (nSPS) is 22.0. The molecular formula is C23H33ClN4O. The molecule has 0 saturated carbocycles. The number of hydrogen-bond donors (Lipinski definition) is 1. The third kappa shape index (κ3) is 4.51. The summed E-state index contributed by atoms with van der Waals surface area (Å²) in [5.74, 6) is 1.57. The van der Waals surface area contributed by atoms with Crippen molar-refractivity contribution in [1.29, 1.82) is 0 Å². The van der Waals surface area contributed by atoms with Crippen LogP contribution in [0.1, 0.15) is 55.2 Å². The van der Waals surface area contributed by atoms with Gasteiger partial charge in [-0.1, -0.05) is 38.5 Å². The molecule has 29 heavy (non-hydrogen) atoms. The standard InChI is InChI=1S/C23H32N4O.ClH/c1-16-5-7-19(8-6-16)27-15-20(21(25-27)23(2,3)4)22(28)26-11-9-17-13-24-14-18(17)10-12-26;/h5-8,15,17-18,24H,9-14H2,1-4H3;1H/t17-,18+;. The van der Waals surface area contributed by atoms with E-state index in [1.54, 1.807) is 0 Å². The molecule has 0 radical (unpaired) electrons. The van der Waals surface area contributed by atoms with Crippen LogP contribution in [-0.2, 0) is 5.41 Å².